The monoisotopic (exact) mass is 408 g/mol. The lowest BCUT2D eigenvalue weighted by Gasteiger charge is -2.32. The molecule has 2 aliphatic heterocycles. The van der Waals surface area contributed by atoms with Crippen LogP contribution >= 0.6 is 0 Å². The predicted octanol–water partition coefficient (Wildman–Crippen LogP) is 1.85. The first-order chi connectivity index (χ1) is 14.4. The Bertz CT molecular complexity index is 1280. The molecule has 0 saturated carbocycles. The molecule has 8 heteroatoms. The number of benzene rings is 1. The third-order valence-corrected chi connectivity index (χ3v) is 6.00. The van der Waals surface area contributed by atoms with Crippen molar-refractivity contribution in [3.63, 3.8) is 0 Å². The molecule has 5 rings (SSSR count). The summed E-state index contributed by atoms with van der Waals surface area (Å²) in [5.41, 5.74) is -0.375. The predicted molar refractivity (Wildman–Crippen MR) is 106 cm³/mol. The number of aliphatic hydroxyl groups is 1. The van der Waals surface area contributed by atoms with Gasteiger partial charge in [-0.25, -0.2) is 4.79 Å². The van der Waals surface area contributed by atoms with Crippen LogP contribution < -0.4 is 10.3 Å². The standard InChI is InChI=1S/C22H20N2O6/c1-3-22(27)15-10-17-18-13(9-12-7-5-6-8-16(12)24(18)28)20(29-4-2)23(17)19(25)14(15)11-30-21(22)26/h5-10,20,27H,3-4,11H2,1-2H3/t20?,22-/m0/s1. The topological polar surface area (TPSA) is 105 Å². The zero-order valence-corrected chi connectivity index (χ0v) is 16.5. The van der Waals surface area contributed by atoms with Crippen molar-refractivity contribution in [2.24, 2.45) is 0 Å². The lowest BCUT2D eigenvalue weighted by Crippen LogP contribution is -2.44. The smallest absolute Gasteiger partial charge is 0.343 e. The highest BCUT2D eigenvalue weighted by Crippen LogP contribution is 2.42. The van der Waals surface area contributed by atoms with Crippen molar-refractivity contribution < 1.29 is 24.1 Å². The van der Waals surface area contributed by atoms with Gasteiger partial charge < -0.3 is 19.8 Å². The first-order valence-corrected chi connectivity index (χ1v) is 9.88. The van der Waals surface area contributed by atoms with Crippen molar-refractivity contribution >= 4 is 16.9 Å². The Hall–Kier alpha value is -3.23. The molecule has 1 N–H and O–H groups in total. The Labute approximate surface area is 171 Å². The molecule has 0 aliphatic carbocycles. The second-order valence-electron chi connectivity index (χ2n) is 7.50. The highest BCUT2D eigenvalue weighted by atomic mass is 16.6. The maximum atomic E-state index is 13.4. The molecule has 30 heavy (non-hydrogen) atoms. The third kappa shape index (κ3) is 2.26. The lowest BCUT2D eigenvalue weighted by molar-refractivity contribution is -0.565. The maximum absolute atomic E-state index is 13.4. The molecule has 0 amide bonds. The van der Waals surface area contributed by atoms with Crippen molar-refractivity contribution in [3.8, 4) is 11.4 Å². The van der Waals surface area contributed by atoms with Crippen molar-refractivity contribution in [2.75, 3.05) is 6.61 Å². The molecule has 1 aromatic carbocycles. The molecule has 8 nitrogen and oxygen atoms in total. The van der Waals surface area contributed by atoms with E-state index in [9.17, 15) is 19.9 Å². The second-order valence-corrected chi connectivity index (χ2v) is 7.50. The molecule has 0 saturated heterocycles. The number of esters is 1. The number of para-hydroxylation sites is 1. The van der Waals surface area contributed by atoms with Crippen LogP contribution in [0.25, 0.3) is 22.3 Å². The van der Waals surface area contributed by atoms with E-state index in [1.807, 2.05) is 25.1 Å². The van der Waals surface area contributed by atoms with Crippen LogP contribution in [-0.4, -0.2) is 22.2 Å². The quantitative estimate of drug-likeness (QED) is 0.403. The summed E-state index contributed by atoms with van der Waals surface area (Å²) >= 11 is 0. The molecule has 2 aromatic heterocycles. The van der Waals surface area contributed by atoms with E-state index in [0.29, 0.717) is 23.4 Å². The zero-order chi connectivity index (χ0) is 21.2. The summed E-state index contributed by atoms with van der Waals surface area (Å²) in [4.78, 5) is 25.7. The number of rotatable bonds is 3. The summed E-state index contributed by atoms with van der Waals surface area (Å²) in [6.07, 6.45) is -0.742. The number of hydrogen-bond donors (Lipinski definition) is 1. The largest absolute Gasteiger partial charge is 0.618 e. The van der Waals surface area contributed by atoms with Gasteiger partial charge in [0.25, 0.3) is 5.56 Å². The van der Waals surface area contributed by atoms with Crippen LogP contribution in [0.15, 0.2) is 41.2 Å². The average Bonchev–Trinajstić information content (AvgIpc) is 3.06. The molecule has 4 heterocycles. The number of aromatic nitrogens is 2. The van der Waals surface area contributed by atoms with Gasteiger partial charge in [-0.1, -0.05) is 19.1 Å². The number of nitrogens with zero attached hydrogens (tertiary/aromatic N) is 2. The number of ether oxygens (including phenoxy) is 2. The molecular weight excluding hydrogens is 388 g/mol. The minimum atomic E-state index is -1.93. The molecule has 0 bridgehead atoms. The Kier molecular flexibility index (Phi) is 4.00. The molecule has 0 fully saturated rings. The number of cyclic esters (lactones) is 1. The van der Waals surface area contributed by atoms with Crippen LogP contribution in [0.2, 0.25) is 0 Å². The van der Waals surface area contributed by atoms with E-state index >= 15 is 0 Å². The molecule has 1 unspecified atom stereocenters. The van der Waals surface area contributed by atoms with Gasteiger partial charge in [0.1, 0.15) is 12.3 Å². The number of carbonyl (C=O) groups is 1. The first-order valence-electron chi connectivity index (χ1n) is 9.88. The van der Waals surface area contributed by atoms with E-state index in [1.54, 1.807) is 25.1 Å². The molecular formula is C22H20N2O6. The molecule has 2 aliphatic rings. The fourth-order valence-electron chi connectivity index (χ4n) is 4.46. The normalized spacial score (nSPS) is 21.8. The van der Waals surface area contributed by atoms with Crippen LogP contribution in [0.4, 0.5) is 0 Å². The molecule has 0 radical (unpaired) electrons. The summed E-state index contributed by atoms with van der Waals surface area (Å²) in [7, 11) is 0. The van der Waals surface area contributed by atoms with Gasteiger partial charge in [0, 0.05) is 23.6 Å². The minimum absolute atomic E-state index is 0.0402. The molecule has 3 aromatic rings. The SMILES string of the molecule is CCOC1c2cc3ccccc3[n+]([O-])c2-c2cc3c(c(=O)n21)COC(=O)[C@]3(O)CC. The van der Waals surface area contributed by atoms with Gasteiger partial charge in [-0.05, 0) is 31.5 Å². The number of hydrogen-bond acceptors (Lipinski definition) is 6. The third-order valence-electron chi connectivity index (χ3n) is 6.00. The van der Waals surface area contributed by atoms with Crippen molar-refractivity contribution in [1.29, 1.82) is 0 Å². The number of fused-ring (bicyclic) bond motifs is 5. The Balaban J connectivity index is 1.89. The molecule has 154 valence electrons. The fraction of sp³-hybridized carbons (Fsp3) is 0.318. The van der Waals surface area contributed by atoms with Crippen molar-refractivity contribution in [3.05, 3.63) is 68.6 Å². The maximum Gasteiger partial charge on any atom is 0.343 e. The van der Waals surface area contributed by atoms with E-state index < -0.39 is 23.4 Å². The van der Waals surface area contributed by atoms with Gasteiger partial charge in [-0.15, -0.1) is 0 Å². The van der Waals surface area contributed by atoms with Crippen LogP contribution in [0.5, 0.6) is 0 Å². The Morgan fingerprint density at radius 2 is 2.07 bits per heavy atom. The Morgan fingerprint density at radius 3 is 2.80 bits per heavy atom. The van der Waals surface area contributed by atoms with Crippen LogP contribution in [-0.2, 0) is 26.5 Å². The molecule has 2 atom stereocenters. The van der Waals surface area contributed by atoms with Gasteiger partial charge in [0.15, 0.2) is 11.8 Å². The summed E-state index contributed by atoms with van der Waals surface area (Å²) < 4.78 is 13.2. The van der Waals surface area contributed by atoms with Crippen LogP contribution in [0.3, 0.4) is 0 Å². The summed E-state index contributed by atoms with van der Waals surface area (Å²) in [5.74, 6) is -0.796. The molecule has 0 spiro atoms. The van der Waals surface area contributed by atoms with E-state index in [2.05, 4.69) is 0 Å². The van der Waals surface area contributed by atoms with Gasteiger partial charge in [0.2, 0.25) is 11.2 Å². The Morgan fingerprint density at radius 1 is 1.30 bits per heavy atom. The summed E-state index contributed by atoms with van der Waals surface area (Å²) in [5, 5.41) is 25.0. The van der Waals surface area contributed by atoms with Crippen LogP contribution in [0, 0.1) is 5.21 Å². The lowest BCUT2D eigenvalue weighted by atomic mass is 9.86. The van der Waals surface area contributed by atoms with Crippen LogP contribution in [0.1, 0.15) is 43.2 Å². The van der Waals surface area contributed by atoms with E-state index in [0.717, 1.165) is 10.1 Å². The van der Waals surface area contributed by atoms with Gasteiger partial charge in [-0.3, -0.25) is 9.36 Å². The minimum Gasteiger partial charge on any atom is -0.618 e. The fourth-order valence-corrected chi connectivity index (χ4v) is 4.46. The van der Waals surface area contributed by atoms with E-state index in [4.69, 9.17) is 9.47 Å². The van der Waals surface area contributed by atoms with Gasteiger partial charge in [0.05, 0.1) is 11.1 Å². The zero-order valence-electron chi connectivity index (χ0n) is 16.5. The highest BCUT2D eigenvalue weighted by molar-refractivity contribution is 5.85. The first kappa shape index (κ1) is 18.8. The van der Waals surface area contributed by atoms with Gasteiger partial charge >= 0.3 is 5.97 Å². The van der Waals surface area contributed by atoms with Crippen molar-refractivity contribution in [2.45, 2.75) is 38.7 Å². The number of carbonyl (C=O) groups excluding carboxylic acids is 1. The van der Waals surface area contributed by atoms with E-state index in [1.165, 1.54) is 4.57 Å². The van der Waals surface area contributed by atoms with E-state index in [-0.39, 0.29) is 29.8 Å². The summed E-state index contributed by atoms with van der Waals surface area (Å²) in [6, 6.07) is 10.5. The van der Waals surface area contributed by atoms with Gasteiger partial charge in [-0.2, -0.15) is 4.73 Å². The van der Waals surface area contributed by atoms with Crippen molar-refractivity contribution in [1.82, 2.24) is 4.57 Å². The second kappa shape index (κ2) is 6.38. The average molecular weight is 408 g/mol. The number of pyridine rings is 2. The summed E-state index contributed by atoms with van der Waals surface area (Å²) in [6.45, 7) is 3.54. The highest BCUT2D eigenvalue weighted by Gasteiger charge is 2.47.